The number of para-hydroxylation sites is 1. The molecule has 0 aliphatic carbocycles. The van der Waals surface area contributed by atoms with Crippen molar-refractivity contribution in [2.45, 2.75) is 0 Å². The fourth-order valence-corrected chi connectivity index (χ4v) is 1.93. The largest absolute Gasteiger partial charge is 0.326 e. The molecule has 5 heteroatoms. The minimum atomic E-state index is 0.587. The minimum absolute atomic E-state index is 0.587. The predicted octanol–water partition coefficient (Wildman–Crippen LogP) is 1.84. The summed E-state index contributed by atoms with van der Waals surface area (Å²) in [6.07, 6.45) is 1.68. The summed E-state index contributed by atoms with van der Waals surface area (Å²) in [5.41, 5.74) is 3.09. The highest BCUT2D eigenvalue weighted by atomic mass is 15.1. The Morgan fingerprint density at radius 2 is 2.24 bits per heavy atom. The Kier molecular flexibility index (Phi) is 1.95. The van der Waals surface area contributed by atoms with Crippen molar-refractivity contribution < 1.29 is 0 Å². The van der Waals surface area contributed by atoms with Crippen LogP contribution in [0.3, 0.4) is 0 Å². The van der Waals surface area contributed by atoms with Gasteiger partial charge in [-0.25, -0.2) is 4.98 Å². The Bertz CT molecular complexity index is 715. The van der Waals surface area contributed by atoms with Gasteiger partial charge in [0.1, 0.15) is 17.3 Å². The molecule has 0 amide bonds. The zero-order valence-electron chi connectivity index (χ0n) is 9.18. The topological polar surface area (TPSA) is 70.3 Å². The number of H-pyrrole nitrogens is 1. The molecular formula is C12H9N5. The van der Waals surface area contributed by atoms with Gasteiger partial charge < -0.3 is 4.57 Å². The quantitative estimate of drug-likeness (QED) is 0.684. The molecule has 17 heavy (non-hydrogen) atoms. The second-order valence-electron chi connectivity index (χ2n) is 3.75. The number of aromatic nitrogens is 4. The summed E-state index contributed by atoms with van der Waals surface area (Å²) in [5, 5.41) is 15.8. The minimum Gasteiger partial charge on any atom is -0.326 e. The molecule has 0 aliphatic rings. The number of benzene rings is 1. The first kappa shape index (κ1) is 9.60. The molecule has 0 unspecified atom stereocenters. The predicted molar refractivity (Wildman–Crippen MR) is 63.0 cm³/mol. The summed E-state index contributed by atoms with van der Waals surface area (Å²) in [7, 11) is 1.92. The van der Waals surface area contributed by atoms with Crippen LogP contribution >= 0.6 is 0 Å². The number of aryl methyl sites for hydroxylation is 1. The van der Waals surface area contributed by atoms with Crippen LogP contribution in [0.5, 0.6) is 0 Å². The average Bonchev–Trinajstić information content (AvgIpc) is 2.97. The average molecular weight is 223 g/mol. The Morgan fingerprint density at radius 1 is 1.35 bits per heavy atom. The van der Waals surface area contributed by atoms with Crippen molar-refractivity contribution in [2.75, 3.05) is 0 Å². The standard InChI is InChI=1S/C12H9N5/c1-17-10-4-2-3-8(7-13)11(10)15-12(17)9-5-6-14-16-9/h2-6H,1H3,(H,14,16). The number of imidazole rings is 1. The molecule has 2 aromatic heterocycles. The van der Waals surface area contributed by atoms with Crippen LogP contribution in [0.1, 0.15) is 5.56 Å². The first-order valence-corrected chi connectivity index (χ1v) is 5.16. The summed E-state index contributed by atoms with van der Waals surface area (Å²) >= 11 is 0. The molecule has 0 saturated carbocycles. The van der Waals surface area contributed by atoms with Crippen LogP contribution in [0.2, 0.25) is 0 Å². The van der Waals surface area contributed by atoms with Crippen LogP contribution in [0.25, 0.3) is 22.6 Å². The van der Waals surface area contributed by atoms with E-state index in [2.05, 4.69) is 21.3 Å². The first-order chi connectivity index (χ1) is 8.31. The van der Waals surface area contributed by atoms with E-state index in [9.17, 15) is 0 Å². The van der Waals surface area contributed by atoms with Gasteiger partial charge in [0.05, 0.1) is 11.1 Å². The number of fused-ring (bicyclic) bond motifs is 1. The Balaban J connectivity index is 2.37. The molecule has 0 spiro atoms. The fraction of sp³-hybridized carbons (Fsp3) is 0.0833. The molecule has 0 atom stereocenters. The Morgan fingerprint density at radius 3 is 2.94 bits per heavy atom. The highest BCUT2D eigenvalue weighted by molar-refractivity contribution is 5.84. The van der Waals surface area contributed by atoms with Crippen LogP contribution in [0, 0.1) is 11.3 Å². The lowest BCUT2D eigenvalue weighted by molar-refractivity contribution is 0.944. The van der Waals surface area contributed by atoms with E-state index >= 15 is 0 Å². The van der Waals surface area contributed by atoms with Crippen molar-refractivity contribution in [3.05, 3.63) is 36.0 Å². The van der Waals surface area contributed by atoms with Gasteiger partial charge in [-0.3, -0.25) is 5.10 Å². The molecule has 1 aromatic carbocycles. The molecule has 0 fully saturated rings. The maximum absolute atomic E-state index is 9.05. The van der Waals surface area contributed by atoms with Gasteiger partial charge in [0.15, 0.2) is 5.82 Å². The van der Waals surface area contributed by atoms with E-state index in [-0.39, 0.29) is 0 Å². The Labute approximate surface area is 97.3 Å². The van der Waals surface area contributed by atoms with Crippen molar-refractivity contribution in [3.8, 4) is 17.6 Å². The van der Waals surface area contributed by atoms with Gasteiger partial charge in [-0.2, -0.15) is 10.4 Å². The highest BCUT2D eigenvalue weighted by Gasteiger charge is 2.12. The van der Waals surface area contributed by atoms with E-state index < -0.39 is 0 Å². The second-order valence-corrected chi connectivity index (χ2v) is 3.75. The summed E-state index contributed by atoms with van der Waals surface area (Å²) in [5.74, 6) is 0.778. The lowest BCUT2D eigenvalue weighted by Gasteiger charge is -1.98. The zero-order valence-corrected chi connectivity index (χ0v) is 9.18. The maximum Gasteiger partial charge on any atom is 0.159 e. The van der Waals surface area contributed by atoms with Gasteiger partial charge in [0, 0.05) is 13.2 Å². The summed E-state index contributed by atoms with van der Waals surface area (Å²) in [6, 6.07) is 9.59. The first-order valence-electron chi connectivity index (χ1n) is 5.16. The van der Waals surface area contributed by atoms with E-state index in [1.165, 1.54) is 0 Å². The van der Waals surface area contributed by atoms with Crippen molar-refractivity contribution in [2.24, 2.45) is 7.05 Å². The number of nitrogens with zero attached hydrogens (tertiary/aromatic N) is 4. The van der Waals surface area contributed by atoms with Gasteiger partial charge in [-0.05, 0) is 18.2 Å². The second kappa shape index (κ2) is 3.46. The van der Waals surface area contributed by atoms with Crippen LogP contribution < -0.4 is 0 Å². The molecule has 0 aliphatic heterocycles. The van der Waals surface area contributed by atoms with Crippen molar-refractivity contribution in [1.29, 1.82) is 5.26 Å². The SMILES string of the molecule is Cn1c(-c2ccn[nH]2)nc2c(C#N)cccc21. The van der Waals surface area contributed by atoms with E-state index in [1.807, 2.05) is 29.8 Å². The number of nitriles is 1. The van der Waals surface area contributed by atoms with Crippen LogP contribution in [-0.2, 0) is 7.05 Å². The molecule has 0 saturated heterocycles. The van der Waals surface area contributed by atoms with E-state index in [0.717, 1.165) is 22.6 Å². The number of rotatable bonds is 1. The number of hydrogen-bond acceptors (Lipinski definition) is 3. The van der Waals surface area contributed by atoms with E-state index in [0.29, 0.717) is 5.56 Å². The number of nitrogens with one attached hydrogen (secondary N) is 1. The molecule has 1 N–H and O–H groups in total. The van der Waals surface area contributed by atoms with Gasteiger partial charge in [-0.1, -0.05) is 6.07 Å². The van der Waals surface area contributed by atoms with Crippen molar-refractivity contribution in [3.63, 3.8) is 0 Å². The molecule has 5 nitrogen and oxygen atoms in total. The maximum atomic E-state index is 9.05. The van der Waals surface area contributed by atoms with Crippen LogP contribution in [0.15, 0.2) is 30.5 Å². The number of hydrogen-bond donors (Lipinski definition) is 1. The molecule has 3 aromatic rings. The summed E-state index contributed by atoms with van der Waals surface area (Å²) in [6.45, 7) is 0. The highest BCUT2D eigenvalue weighted by Crippen LogP contribution is 2.23. The third-order valence-corrected chi connectivity index (χ3v) is 2.77. The van der Waals surface area contributed by atoms with E-state index in [1.54, 1.807) is 12.3 Å². The summed E-state index contributed by atoms with van der Waals surface area (Å²) in [4.78, 5) is 4.49. The van der Waals surface area contributed by atoms with Crippen molar-refractivity contribution in [1.82, 2.24) is 19.7 Å². The normalized spacial score (nSPS) is 10.6. The molecule has 82 valence electrons. The molecular weight excluding hydrogens is 214 g/mol. The lowest BCUT2D eigenvalue weighted by atomic mass is 10.2. The fourth-order valence-electron chi connectivity index (χ4n) is 1.93. The molecule has 0 radical (unpaired) electrons. The monoisotopic (exact) mass is 223 g/mol. The van der Waals surface area contributed by atoms with Gasteiger partial charge >= 0.3 is 0 Å². The van der Waals surface area contributed by atoms with Crippen molar-refractivity contribution >= 4 is 11.0 Å². The van der Waals surface area contributed by atoms with Gasteiger partial charge in [0.2, 0.25) is 0 Å². The third-order valence-electron chi connectivity index (χ3n) is 2.77. The smallest absolute Gasteiger partial charge is 0.159 e. The van der Waals surface area contributed by atoms with Crippen LogP contribution in [0.4, 0.5) is 0 Å². The third kappa shape index (κ3) is 1.31. The summed E-state index contributed by atoms with van der Waals surface area (Å²) < 4.78 is 1.95. The van der Waals surface area contributed by atoms with E-state index in [4.69, 9.17) is 5.26 Å². The molecule has 3 rings (SSSR count). The molecule has 0 bridgehead atoms. The Hall–Kier alpha value is -2.61. The van der Waals surface area contributed by atoms with Crippen LogP contribution in [-0.4, -0.2) is 19.7 Å². The number of aromatic amines is 1. The zero-order chi connectivity index (χ0) is 11.8. The lowest BCUT2D eigenvalue weighted by Crippen LogP contribution is -1.92. The van der Waals surface area contributed by atoms with Gasteiger partial charge in [-0.15, -0.1) is 0 Å². The molecule has 2 heterocycles. The van der Waals surface area contributed by atoms with Gasteiger partial charge in [0.25, 0.3) is 0 Å².